The number of anilines is 1. The minimum Gasteiger partial charge on any atom is -0.507 e. The van der Waals surface area contributed by atoms with E-state index in [0.717, 1.165) is 11.0 Å². The predicted octanol–water partition coefficient (Wildman–Crippen LogP) is 6.38. The first-order valence-corrected chi connectivity index (χ1v) is 16.1. The molecule has 0 radical (unpaired) electrons. The Hall–Kier alpha value is -4.75. The summed E-state index contributed by atoms with van der Waals surface area (Å²) < 4.78 is 0. The lowest BCUT2D eigenvalue weighted by Gasteiger charge is -2.50. The van der Waals surface area contributed by atoms with Crippen molar-refractivity contribution in [1.29, 1.82) is 0 Å². The van der Waals surface area contributed by atoms with E-state index >= 15 is 4.79 Å². The molecule has 7 nitrogen and oxygen atoms in total. The molecule has 4 aromatic rings. The van der Waals surface area contributed by atoms with Gasteiger partial charge in [-0.25, -0.2) is 4.90 Å². The Morgan fingerprint density at radius 1 is 0.848 bits per heavy atom. The SMILES string of the molecule is CCN1C(=O)C2CC=C3C(CC4C(=O)N(c5cccc(Cl)c5)C(=O)C4(c4ccccc4)C3c3ccc4ccccc4c3O)C2C1=O. The van der Waals surface area contributed by atoms with Crippen LogP contribution in [-0.2, 0) is 24.6 Å². The number of benzene rings is 4. The molecule has 0 spiro atoms. The number of phenolic OH excluding ortho intramolecular Hbond substituents is 1. The van der Waals surface area contributed by atoms with Gasteiger partial charge in [0.25, 0.3) is 0 Å². The van der Waals surface area contributed by atoms with Crippen LogP contribution in [0, 0.1) is 23.7 Å². The molecule has 2 saturated heterocycles. The number of halogens is 1. The number of hydrogen-bond acceptors (Lipinski definition) is 5. The molecule has 4 aliphatic rings. The van der Waals surface area contributed by atoms with Gasteiger partial charge in [0.05, 0.1) is 28.9 Å². The number of aromatic hydroxyl groups is 1. The van der Waals surface area contributed by atoms with E-state index in [9.17, 15) is 19.5 Å². The van der Waals surface area contributed by atoms with Gasteiger partial charge < -0.3 is 5.11 Å². The van der Waals surface area contributed by atoms with Gasteiger partial charge in [0, 0.05) is 28.4 Å². The van der Waals surface area contributed by atoms with Crippen molar-refractivity contribution in [3.63, 3.8) is 0 Å². The molecule has 2 aliphatic heterocycles. The Morgan fingerprint density at radius 3 is 2.37 bits per heavy atom. The molecule has 4 amide bonds. The van der Waals surface area contributed by atoms with Crippen molar-refractivity contribution >= 4 is 51.7 Å². The van der Waals surface area contributed by atoms with Crippen LogP contribution in [0.2, 0.25) is 5.02 Å². The lowest BCUT2D eigenvalue weighted by Crippen LogP contribution is -2.53. The number of allylic oxidation sites excluding steroid dienone is 2. The fourth-order valence-electron chi connectivity index (χ4n) is 8.97. The van der Waals surface area contributed by atoms with E-state index in [1.165, 1.54) is 9.80 Å². The molecular formula is C38H31ClN2O5. The molecule has 8 rings (SSSR count). The van der Waals surface area contributed by atoms with Gasteiger partial charge in [0.2, 0.25) is 23.6 Å². The van der Waals surface area contributed by atoms with Gasteiger partial charge in [-0.1, -0.05) is 96.0 Å². The first kappa shape index (κ1) is 28.7. The minimum absolute atomic E-state index is 0.0336. The van der Waals surface area contributed by atoms with E-state index in [2.05, 4.69) is 0 Å². The maximum atomic E-state index is 15.3. The number of likely N-dealkylation sites (tertiary alicyclic amines) is 1. The molecule has 2 heterocycles. The second-order valence-corrected chi connectivity index (χ2v) is 13.2. The number of hydrogen-bond donors (Lipinski definition) is 1. The van der Waals surface area contributed by atoms with Gasteiger partial charge in [0.1, 0.15) is 5.75 Å². The maximum Gasteiger partial charge on any atom is 0.246 e. The predicted molar refractivity (Wildman–Crippen MR) is 174 cm³/mol. The zero-order valence-electron chi connectivity index (χ0n) is 25.1. The Labute approximate surface area is 271 Å². The summed E-state index contributed by atoms with van der Waals surface area (Å²) >= 11 is 6.38. The third kappa shape index (κ3) is 3.72. The van der Waals surface area contributed by atoms with Crippen molar-refractivity contribution in [2.24, 2.45) is 23.7 Å². The Morgan fingerprint density at radius 2 is 1.61 bits per heavy atom. The van der Waals surface area contributed by atoms with Gasteiger partial charge in [0.15, 0.2) is 0 Å². The summed E-state index contributed by atoms with van der Waals surface area (Å²) in [6, 6.07) is 27.3. The third-order valence-electron chi connectivity index (χ3n) is 10.8. The van der Waals surface area contributed by atoms with Crippen molar-refractivity contribution in [1.82, 2.24) is 4.90 Å². The molecule has 4 aromatic carbocycles. The van der Waals surface area contributed by atoms with Crippen LogP contribution >= 0.6 is 11.6 Å². The average Bonchev–Trinajstić information content (AvgIpc) is 3.46. The normalized spacial score (nSPS) is 28.7. The van der Waals surface area contributed by atoms with E-state index in [-0.39, 0.29) is 36.4 Å². The van der Waals surface area contributed by atoms with Crippen molar-refractivity contribution in [3.8, 4) is 5.75 Å². The number of phenols is 1. The molecule has 46 heavy (non-hydrogen) atoms. The summed E-state index contributed by atoms with van der Waals surface area (Å²) in [6.45, 7) is 2.07. The highest BCUT2D eigenvalue weighted by Gasteiger charge is 2.70. The maximum absolute atomic E-state index is 15.3. The molecule has 3 fully saturated rings. The van der Waals surface area contributed by atoms with Crippen LogP contribution in [-0.4, -0.2) is 40.2 Å². The highest BCUT2D eigenvalue weighted by molar-refractivity contribution is 6.32. The monoisotopic (exact) mass is 630 g/mol. The first-order valence-electron chi connectivity index (χ1n) is 15.7. The molecule has 0 bridgehead atoms. The summed E-state index contributed by atoms with van der Waals surface area (Å²) in [5.41, 5.74) is 0.922. The summed E-state index contributed by atoms with van der Waals surface area (Å²) in [4.78, 5) is 59.9. The second-order valence-electron chi connectivity index (χ2n) is 12.7. The fraction of sp³-hybridized carbons (Fsp3) is 0.263. The van der Waals surface area contributed by atoms with Crippen LogP contribution in [0.25, 0.3) is 10.8 Å². The smallest absolute Gasteiger partial charge is 0.246 e. The number of fused-ring (bicyclic) bond motifs is 5. The van der Waals surface area contributed by atoms with Crippen LogP contribution in [0.1, 0.15) is 36.8 Å². The van der Waals surface area contributed by atoms with E-state index in [0.29, 0.717) is 33.6 Å². The van der Waals surface area contributed by atoms with Crippen LogP contribution in [0.4, 0.5) is 5.69 Å². The number of carbonyl (C=O) groups is 4. The van der Waals surface area contributed by atoms with Crippen molar-refractivity contribution in [3.05, 3.63) is 119 Å². The Balaban J connectivity index is 1.43. The Bertz CT molecular complexity index is 2010. The third-order valence-corrected chi connectivity index (χ3v) is 11.1. The van der Waals surface area contributed by atoms with E-state index in [1.807, 2.05) is 72.8 Å². The summed E-state index contributed by atoms with van der Waals surface area (Å²) in [5.74, 6) is -4.47. The van der Waals surface area contributed by atoms with Crippen LogP contribution in [0.15, 0.2) is 103 Å². The van der Waals surface area contributed by atoms with Crippen LogP contribution in [0.3, 0.4) is 0 Å². The standard InChI is InChI=1S/C38H31ClN2O5/c1-2-40-34(43)27-18-17-26-29(31(27)36(40)45)20-30-35(44)41(24-13-8-12-23(39)19-24)37(46)38(30,22-10-4-3-5-11-22)32(26)28-16-15-21-9-6-7-14-25(21)33(28)42/h3-17,19,27,29-32,42H,2,18,20H2,1H3. The van der Waals surface area contributed by atoms with Crippen molar-refractivity contribution in [2.45, 2.75) is 31.1 Å². The zero-order valence-corrected chi connectivity index (χ0v) is 25.9. The van der Waals surface area contributed by atoms with E-state index in [1.54, 1.807) is 31.2 Å². The summed E-state index contributed by atoms with van der Waals surface area (Å²) in [5, 5.41) is 13.9. The molecule has 6 atom stereocenters. The van der Waals surface area contributed by atoms with Crippen LogP contribution < -0.4 is 4.90 Å². The largest absolute Gasteiger partial charge is 0.507 e. The highest BCUT2D eigenvalue weighted by Crippen LogP contribution is 2.65. The topological polar surface area (TPSA) is 95.0 Å². The number of carbonyl (C=O) groups excluding carboxylic acids is 4. The Kier molecular flexibility index (Phi) is 6.48. The summed E-state index contributed by atoms with van der Waals surface area (Å²) in [6.07, 6.45) is 2.57. The lowest BCUT2D eigenvalue weighted by atomic mass is 9.49. The minimum atomic E-state index is -1.44. The number of nitrogens with zero attached hydrogens (tertiary/aromatic N) is 2. The first-order chi connectivity index (χ1) is 22.3. The highest BCUT2D eigenvalue weighted by atomic mass is 35.5. The van der Waals surface area contributed by atoms with Crippen molar-refractivity contribution in [2.75, 3.05) is 11.4 Å². The molecule has 8 heteroatoms. The number of amides is 4. The van der Waals surface area contributed by atoms with Crippen LogP contribution in [0.5, 0.6) is 5.75 Å². The quantitative estimate of drug-likeness (QED) is 0.209. The van der Waals surface area contributed by atoms with E-state index < -0.39 is 40.9 Å². The van der Waals surface area contributed by atoms with Gasteiger partial charge in [-0.05, 0) is 54.8 Å². The summed E-state index contributed by atoms with van der Waals surface area (Å²) in [7, 11) is 0. The average molecular weight is 631 g/mol. The molecule has 0 aromatic heterocycles. The lowest BCUT2D eigenvalue weighted by molar-refractivity contribution is -0.140. The molecule has 1 N–H and O–H groups in total. The van der Waals surface area contributed by atoms with E-state index in [4.69, 9.17) is 11.6 Å². The zero-order chi connectivity index (χ0) is 31.9. The van der Waals surface area contributed by atoms with Crippen molar-refractivity contribution < 1.29 is 24.3 Å². The molecular weight excluding hydrogens is 600 g/mol. The second kappa shape index (κ2) is 10.4. The van der Waals surface area contributed by atoms with Gasteiger partial charge in [-0.15, -0.1) is 0 Å². The number of rotatable bonds is 4. The van der Waals surface area contributed by atoms with Gasteiger partial charge >= 0.3 is 0 Å². The van der Waals surface area contributed by atoms with Gasteiger partial charge in [-0.2, -0.15) is 0 Å². The number of imide groups is 2. The molecule has 230 valence electrons. The molecule has 1 saturated carbocycles. The van der Waals surface area contributed by atoms with Gasteiger partial charge in [-0.3, -0.25) is 24.1 Å². The molecule has 6 unspecified atom stereocenters. The molecule has 2 aliphatic carbocycles. The fourth-order valence-corrected chi connectivity index (χ4v) is 9.15.